The van der Waals surface area contributed by atoms with Gasteiger partial charge in [0.15, 0.2) is 5.57 Å². The number of rotatable bonds is 6. The van der Waals surface area contributed by atoms with Gasteiger partial charge in [0, 0.05) is 6.04 Å². The van der Waals surface area contributed by atoms with Crippen molar-refractivity contribution in [1.82, 2.24) is 5.32 Å². The van der Waals surface area contributed by atoms with Crippen molar-refractivity contribution in [3.8, 4) is 6.07 Å². The zero-order chi connectivity index (χ0) is 21.9. The molecule has 6 nitrogen and oxygen atoms in total. The van der Waals surface area contributed by atoms with Crippen LogP contribution in [0.1, 0.15) is 32.1 Å². The molecule has 0 saturated heterocycles. The largest absolute Gasteiger partial charge is 0.401 e. The summed E-state index contributed by atoms with van der Waals surface area (Å²) in [6.07, 6.45) is -0.737. The maximum Gasteiger partial charge on any atom is 0.401 e. The van der Waals surface area contributed by atoms with Gasteiger partial charge in [0.2, 0.25) is 0 Å². The molecule has 0 bridgehead atoms. The standard InChI is InChI=1S/C20H21F4N5O/c21-13-1-3-15(4-2-13)28-18-16(17(26)30)11-29(18)19(9-10-25)7-5-14(6-8-19)27-12-20(22,23)24/h1-4,11,14,27H,5-9,12H2,(H2,26,30)/p+1. The lowest BCUT2D eigenvalue weighted by molar-refractivity contribution is -0.563. The highest BCUT2D eigenvalue weighted by atomic mass is 19.4. The first-order valence-electron chi connectivity index (χ1n) is 9.51. The predicted molar refractivity (Wildman–Crippen MR) is 102 cm³/mol. The quantitative estimate of drug-likeness (QED) is 0.484. The average molecular weight is 424 g/mol. The monoisotopic (exact) mass is 424 g/mol. The summed E-state index contributed by atoms with van der Waals surface area (Å²) in [4.78, 5) is 11.8. The predicted octanol–water partition coefficient (Wildman–Crippen LogP) is 2.78. The highest BCUT2D eigenvalue weighted by Crippen LogP contribution is 2.38. The van der Waals surface area contributed by atoms with Gasteiger partial charge in [0.25, 0.3) is 11.7 Å². The number of nitriles is 1. The Hall–Kier alpha value is -2.93. The van der Waals surface area contributed by atoms with Gasteiger partial charge in [-0.1, -0.05) is 0 Å². The number of nitrogens with two attached hydrogens (primary N) is 1. The van der Waals surface area contributed by atoms with Crippen LogP contribution in [0.15, 0.2) is 36.0 Å². The van der Waals surface area contributed by atoms with Crippen molar-refractivity contribution >= 4 is 17.4 Å². The van der Waals surface area contributed by atoms with Gasteiger partial charge < -0.3 is 11.1 Å². The van der Waals surface area contributed by atoms with E-state index in [0.717, 1.165) is 0 Å². The van der Waals surface area contributed by atoms with Crippen molar-refractivity contribution < 1.29 is 26.9 Å². The summed E-state index contributed by atoms with van der Waals surface area (Å²) in [6, 6.07) is 7.40. The first-order chi connectivity index (χ1) is 14.1. The summed E-state index contributed by atoms with van der Waals surface area (Å²) >= 11 is 0. The van der Waals surface area contributed by atoms with Crippen LogP contribution in [0, 0.1) is 17.1 Å². The van der Waals surface area contributed by atoms with E-state index in [0.29, 0.717) is 37.2 Å². The third-order valence-electron chi connectivity index (χ3n) is 5.55. The Labute approximate surface area is 171 Å². The Kier molecular flexibility index (Phi) is 6.12. The second-order valence-corrected chi connectivity index (χ2v) is 7.59. The summed E-state index contributed by atoms with van der Waals surface area (Å²) < 4.78 is 52.4. The highest BCUT2D eigenvalue weighted by Gasteiger charge is 2.48. The number of hydrogen-bond acceptors (Lipinski definition) is 4. The van der Waals surface area contributed by atoms with E-state index in [2.05, 4.69) is 16.7 Å². The minimum atomic E-state index is -4.28. The fraction of sp³-hybridized carbons (Fsp3) is 0.450. The van der Waals surface area contributed by atoms with Gasteiger partial charge in [-0.05, 0) is 49.9 Å². The molecule has 1 fully saturated rings. The first kappa shape index (κ1) is 21.8. The number of alkyl halides is 3. The third-order valence-corrected chi connectivity index (χ3v) is 5.55. The van der Waals surface area contributed by atoms with E-state index in [4.69, 9.17) is 5.73 Å². The number of benzene rings is 1. The number of anilines is 1. The smallest absolute Gasteiger partial charge is 0.365 e. The van der Waals surface area contributed by atoms with Gasteiger partial charge in [0.05, 0.1) is 19.0 Å². The van der Waals surface area contributed by atoms with Gasteiger partial charge in [-0.25, -0.2) is 14.3 Å². The molecule has 0 aromatic heterocycles. The molecule has 10 heteroatoms. The molecule has 1 saturated carbocycles. The van der Waals surface area contributed by atoms with Crippen LogP contribution >= 0.6 is 0 Å². The van der Waals surface area contributed by atoms with Crippen LogP contribution in [0.2, 0.25) is 0 Å². The van der Waals surface area contributed by atoms with E-state index in [1.165, 1.54) is 24.3 Å². The lowest BCUT2D eigenvalue weighted by Gasteiger charge is -2.40. The van der Waals surface area contributed by atoms with E-state index in [1.807, 2.05) is 0 Å². The van der Waals surface area contributed by atoms with Crippen LogP contribution in [0.3, 0.4) is 0 Å². The second-order valence-electron chi connectivity index (χ2n) is 7.59. The molecule has 1 aromatic carbocycles. The van der Waals surface area contributed by atoms with Crippen molar-refractivity contribution in [2.24, 2.45) is 5.73 Å². The van der Waals surface area contributed by atoms with E-state index < -0.39 is 30.0 Å². The van der Waals surface area contributed by atoms with Gasteiger partial charge in [-0.2, -0.15) is 18.4 Å². The molecule has 0 radical (unpaired) electrons. The Morgan fingerprint density at radius 3 is 2.43 bits per heavy atom. The number of hydrogen-bond donors (Lipinski definition) is 3. The molecule has 0 spiro atoms. The summed E-state index contributed by atoms with van der Waals surface area (Å²) in [5.41, 5.74) is 5.56. The number of carbonyl (C=O) groups is 1. The summed E-state index contributed by atoms with van der Waals surface area (Å²) in [6.45, 7) is -1.05. The molecule has 1 heterocycles. The number of halogens is 4. The van der Waals surface area contributed by atoms with Crippen LogP contribution in [0.4, 0.5) is 23.2 Å². The minimum Gasteiger partial charge on any atom is -0.365 e. The van der Waals surface area contributed by atoms with E-state index in [9.17, 15) is 27.6 Å². The topological polar surface area (TPSA) is 93.9 Å². The molecular weight excluding hydrogens is 402 g/mol. The normalized spacial score (nSPS) is 24.0. The average Bonchev–Trinajstić information content (AvgIpc) is 2.65. The Bertz CT molecular complexity index is 907. The van der Waals surface area contributed by atoms with E-state index >= 15 is 0 Å². The van der Waals surface area contributed by atoms with Crippen molar-refractivity contribution in [3.05, 3.63) is 41.9 Å². The molecule has 0 unspecified atom stereocenters. The second kappa shape index (κ2) is 8.44. The van der Waals surface area contributed by atoms with Crippen molar-refractivity contribution in [2.75, 3.05) is 11.9 Å². The van der Waals surface area contributed by atoms with Crippen LogP contribution in [-0.2, 0) is 4.79 Å². The molecule has 4 N–H and O–H groups in total. The Balaban J connectivity index is 1.81. The molecule has 3 rings (SSSR count). The summed E-state index contributed by atoms with van der Waals surface area (Å²) in [5.74, 6) is -0.651. The maximum atomic E-state index is 13.2. The lowest BCUT2D eigenvalue weighted by Crippen LogP contribution is -2.54. The fourth-order valence-electron chi connectivity index (χ4n) is 3.94. The number of carbonyl (C=O) groups excluding carboxylic acids is 1. The molecule has 0 atom stereocenters. The zero-order valence-electron chi connectivity index (χ0n) is 16.1. The van der Waals surface area contributed by atoms with Crippen molar-refractivity contribution in [1.29, 1.82) is 5.26 Å². The summed E-state index contributed by atoms with van der Waals surface area (Å²) in [5, 5.41) is 15.0. The number of nitrogens with one attached hydrogen (secondary N) is 2. The highest BCUT2D eigenvalue weighted by molar-refractivity contribution is 6.24. The van der Waals surface area contributed by atoms with Gasteiger partial charge in [-0.3, -0.25) is 4.79 Å². The van der Waals surface area contributed by atoms with Gasteiger partial charge in [-0.15, -0.1) is 0 Å². The molecule has 2 aliphatic rings. The SMILES string of the molecule is N#CCC1([N+]2=C(Nc3ccc(F)cc3)C(C(N)=O)=C2)CCC(NCC(F)(F)F)CC1. The fourth-order valence-corrected chi connectivity index (χ4v) is 3.94. The molecule has 1 amide bonds. The molecular formula is C20H22F4N5O+. The van der Waals surface area contributed by atoms with E-state index in [1.54, 1.807) is 10.8 Å². The number of amides is 1. The Morgan fingerprint density at radius 2 is 1.90 bits per heavy atom. The van der Waals surface area contributed by atoms with E-state index in [-0.39, 0.29) is 18.0 Å². The van der Waals surface area contributed by atoms with Crippen LogP contribution in [-0.4, -0.2) is 40.6 Å². The zero-order valence-corrected chi connectivity index (χ0v) is 16.1. The number of primary amides is 1. The minimum absolute atomic E-state index is 0.135. The molecule has 1 aliphatic heterocycles. The molecule has 1 aliphatic carbocycles. The number of amidine groups is 1. The molecule has 1 aromatic rings. The third kappa shape index (κ3) is 4.79. The van der Waals surface area contributed by atoms with Crippen molar-refractivity contribution in [3.63, 3.8) is 0 Å². The van der Waals surface area contributed by atoms with Crippen LogP contribution in [0.25, 0.3) is 0 Å². The van der Waals surface area contributed by atoms with Crippen LogP contribution < -0.4 is 16.4 Å². The number of nitrogens with zero attached hydrogens (tertiary/aromatic N) is 2. The Morgan fingerprint density at radius 1 is 1.27 bits per heavy atom. The lowest BCUT2D eigenvalue weighted by atomic mass is 9.76. The van der Waals surface area contributed by atoms with Gasteiger partial charge in [0.1, 0.15) is 23.2 Å². The maximum absolute atomic E-state index is 13.2. The molecule has 30 heavy (non-hydrogen) atoms. The first-order valence-corrected chi connectivity index (χ1v) is 9.51. The van der Waals surface area contributed by atoms with Gasteiger partial charge >= 0.3 is 6.18 Å². The van der Waals surface area contributed by atoms with Crippen LogP contribution in [0.5, 0.6) is 0 Å². The summed E-state index contributed by atoms with van der Waals surface area (Å²) in [7, 11) is 0. The van der Waals surface area contributed by atoms with Crippen molar-refractivity contribution in [2.45, 2.75) is 49.9 Å². The molecule has 160 valence electrons.